The van der Waals surface area contributed by atoms with Gasteiger partial charge in [-0.05, 0) is 12.1 Å². The highest BCUT2D eigenvalue weighted by molar-refractivity contribution is 8.68. The molecule has 1 amide bonds. The normalized spacial score (nSPS) is 13.3. The first-order chi connectivity index (χ1) is 7.79. The Kier molecular flexibility index (Phi) is 3.84. The molecule has 0 saturated carbocycles. The zero-order valence-corrected chi connectivity index (χ0v) is 10.1. The van der Waals surface area contributed by atoms with Crippen LogP contribution < -0.4 is 14.8 Å². The molecular formula is C10H11NO3S2. The van der Waals surface area contributed by atoms with Crippen LogP contribution in [0.4, 0.5) is 5.69 Å². The average molecular weight is 257 g/mol. The second kappa shape index (κ2) is 5.36. The van der Waals surface area contributed by atoms with E-state index in [9.17, 15) is 4.79 Å². The number of carbonyl (C=O) groups excluding carboxylic acids is 1. The van der Waals surface area contributed by atoms with Crippen LogP contribution in [0.1, 0.15) is 0 Å². The van der Waals surface area contributed by atoms with Crippen LogP contribution in [0.15, 0.2) is 18.2 Å². The van der Waals surface area contributed by atoms with E-state index in [4.69, 9.17) is 9.47 Å². The van der Waals surface area contributed by atoms with Crippen LogP contribution in [0.25, 0.3) is 0 Å². The first kappa shape index (κ1) is 11.5. The summed E-state index contributed by atoms with van der Waals surface area (Å²) in [5.74, 6) is 1.62. The minimum atomic E-state index is -0.0864. The van der Waals surface area contributed by atoms with E-state index in [1.54, 1.807) is 18.2 Å². The van der Waals surface area contributed by atoms with E-state index in [-0.39, 0.29) is 5.91 Å². The molecule has 86 valence electrons. The van der Waals surface area contributed by atoms with E-state index in [2.05, 4.69) is 17.0 Å². The molecule has 0 radical (unpaired) electrons. The molecule has 0 bridgehead atoms. The summed E-state index contributed by atoms with van der Waals surface area (Å²) in [7, 11) is 1.18. The maximum Gasteiger partial charge on any atom is 0.235 e. The molecule has 0 fully saturated rings. The molecule has 1 N–H and O–H groups in total. The predicted octanol–water partition coefficient (Wildman–Crippen LogP) is 1.97. The van der Waals surface area contributed by atoms with Gasteiger partial charge in [-0.3, -0.25) is 4.79 Å². The van der Waals surface area contributed by atoms with Crippen molar-refractivity contribution >= 4 is 34.0 Å². The van der Waals surface area contributed by atoms with Crippen molar-refractivity contribution in [2.75, 3.05) is 24.3 Å². The zero-order valence-electron chi connectivity index (χ0n) is 8.43. The van der Waals surface area contributed by atoms with Gasteiger partial charge in [-0.25, -0.2) is 0 Å². The van der Waals surface area contributed by atoms with Crippen LogP contribution in [-0.2, 0) is 4.79 Å². The lowest BCUT2D eigenvalue weighted by Crippen LogP contribution is -2.17. The molecule has 0 unspecified atom stereocenters. The molecule has 0 aliphatic carbocycles. The van der Waals surface area contributed by atoms with E-state index < -0.39 is 0 Å². The molecule has 1 aromatic rings. The van der Waals surface area contributed by atoms with E-state index in [0.717, 1.165) is 0 Å². The first-order valence-corrected chi connectivity index (χ1v) is 6.79. The van der Waals surface area contributed by atoms with E-state index >= 15 is 0 Å². The SMILES string of the molecule is O=C(CSS)Nc1ccc2c(c1)OCCO2. The van der Waals surface area contributed by atoms with Gasteiger partial charge in [-0.2, -0.15) is 0 Å². The van der Waals surface area contributed by atoms with Gasteiger partial charge in [0.1, 0.15) is 13.2 Å². The summed E-state index contributed by atoms with van der Waals surface area (Å²) >= 11 is 3.92. The smallest absolute Gasteiger partial charge is 0.235 e. The largest absolute Gasteiger partial charge is 0.486 e. The zero-order chi connectivity index (χ0) is 11.4. The Bertz CT molecular complexity index is 398. The number of fused-ring (bicyclic) bond motifs is 1. The number of hydrogen-bond acceptors (Lipinski definition) is 5. The molecule has 1 aliphatic rings. The Morgan fingerprint density at radius 1 is 1.38 bits per heavy atom. The van der Waals surface area contributed by atoms with Gasteiger partial charge < -0.3 is 14.8 Å². The van der Waals surface area contributed by atoms with Gasteiger partial charge in [-0.1, -0.05) is 10.8 Å². The van der Waals surface area contributed by atoms with Crippen molar-refractivity contribution in [3.05, 3.63) is 18.2 Å². The van der Waals surface area contributed by atoms with Crippen LogP contribution >= 0.6 is 22.5 Å². The minimum Gasteiger partial charge on any atom is -0.486 e. The Morgan fingerprint density at radius 2 is 2.12 bits per heavy atom. The third-order valence-corrected chi connectivity index (χ3v) is 2.80. The standard InChI is InChI=1S/C10H11NO3S2/c12-10(6-16-15)11-7-1-2-8-9(5-7)14-4-3-13-8/h1-2,5,15H,3-4,6H2,(H,11,12). The topological polar surface area (TPSA) is 47.6 Å². The molecule has 6 heteroatoms. The minimum absolute atomic E-state index is 0.0864. The summed E-state index contributed by atoms with van der Waals surface area (Å²) < 4.78 is 10.8. The van der Waals surface area contributed by atoms with Crippen molar-refractivity contribution in [1.29, 1.82) is 0 Å². The number of hydrogen-bond donors (Lipinski definition) is 2. The lowest BCUT2D eigenvalue weighted by Gasteiger charge is -2.18. The number of anilines is 1. The van der Waals surface area contributed by atoms with Crippen molar-refractivity contribution in [2.45, 2.75) is 0 Å². The third kappa shape index (κ3) is 2.76. The van der Waals surface area contributed by atoms with Crippen LogP contribution in [0.5, 0.6) is 11.5 Å². The molecule has 0 saturated heterocycles. The maximum atomic E-state index is 11.3. The Morgan fingerprint density at radius 3 is 2.88 bits per heavy atom. The number of ether oxygens (including phenoxy) is 2. The maximum absolute atomic E-state index is 11.3. The van der Waals surface area contributed by atoms with Crippen molar-refractivity contribution in [2.24, 2.45) is 0 Å². The van der Waals surface area contributed by atoms with Crippen molar-refractivity contribution in [3.63, 3.8) is 0 Å². The molecule has 2 rings (SSSR count). The molecule has 1 heterocycles. The fourth-order valence-electron chi connectivity index (χ4n) is 1.38. The van der Waals surface area contributed by atoms with Crippen LogP contribution in [0.2, 0.25) is 0 Å². The van der Waals surface area contributed by atoms with Gasteiger partial charge in [0.15, 0.2) is 11.5 Å². The van der Waals surface area contributed by atoms with Crippen molar-refractivity contribution in [1.82, 2.24) is 0 Å². The van der Waals surface area contributed by atoms with Gasteiger partial charge in [0.25, 0.3) is 0 Å². The van der Waals surface area contributed by atoms with Gasteiger partial charge in [0.05, 0.1) is 5.75 Å². The third-order valence-electron chi connectivity index (χ3n) is 2.02. The highest BCUT2D eigenvalue weighted by Crippen LogP contribution is 2.32. The molecule has 0 atom stereocenters. The number of rotatable bonds is 3. The summed E-state index contributed by atoms with van der Waals surface area (Å²) in [6.45, 7) is 1.10. The molecule has 16 heavy (non-hydrogen) atoms. The monoisotopic (exact) mass is 257 g/mol. The highest BCUT2D eigenvalue weighted by atomic mass is 33.1. The Labute approximate surface area is 103 Å². The number of benzene rings is 1. The predicted molar refractivity (Wildman–Crippen MR) is 67.5 cm³/mol. The average Bonchev–Trinajstić information content (AvgIpc) is 2.29. The van der Waals surface area contributed by atoms with Gasteiger partial charge in [0, 0.05) is 11.8 Å². The Hall–Kier alpha value is -1.01. The van der Waals surface area contributed by atoms with Crippen LogP contribution in [-0.4, -0.2) is 24.9 Å². The van der Waals surface area contributed by atoms with Gasteiger partial charge in [-0.15, -0.1) is 11.7 Å². The lowest BCUT2D eigenvalue weighted by atomic mass is 10.2. The van der Waals surface area contributed by atoms with E-state index in [0.29, 0.717) is 36.2 Å². The highest BCUT2D eigenvalue weighted by Gasteiger charge is 2.12. The summed E-state index contributed by atoms with van der Waals surface area (Å²) in [5.41, 5.74) is 0.705. The molecule has 0 spiro atoms. The molecular weight excluding hydrogens is 246 g/mol. The Balaban J connectivity index is 2.08. The summed E-state index contributed by atoms with van der Waals surface area (Å²) in [6.07, 6.45) is 0. The number of thiol groups is 1. The number of carbonyl (C=O) groups is 1. The second-order valence-electron chi connectivity index (χ2n) is 3.18. The number of amides is 1. The molecule has 0 aromatic heterocycles. The summed E-state index contributed by atoms with van der Waals surface area (Å²) in [6, 6.07) is 5.34. The van der Waals surface area contributed by atoms with Crippen molar-refractivity contribution in [3.8, 4) is 11.5 Å². The lowest BCUT2D eigenvalue weighted by molar-refractivity contribution is -0.113. The van der Waals surface area contributed by atoms with Gasteiger partial charge in [0.2, 0.25) is 5.91 Å². The quantitative estimate of drug-likeness (QED) is 0.642. The summed E-state index contributed by atoms with van der Waals surface area (Å²) in [5, 5.41) is 2.75. The fraction of sp³-hybridized carbons (Fsp3) is 0.300. The van der Waals surface area contributed by atoms with E-state index in [1.165, 1.54) is 10.8 Å². The van der Waals surface area contributed by atoms with E-state index in [1.807, 2.05) is 0 Å². The van der Waals surface area contributed by atoms with Crippen LogP contribution in [0, 0.1) is 0 Å². The number of nitrogens with one attached hydrogen (secondary N) is 1. The fourth-order valence-corrected chi connectivity index (χ4v) is 1.92. The molecule has 4 nitrogen and oxygen atoms in total. The molecule has 1 aliphatic heterocycles. The molecule has 1 aromatic carbocycles. The second-order valence-corrected chi connectivity index (χ2v) is 4.50. The van der Waals surface area contributed by atoms with Crippen LogP contribution in [0.3, 0.4) is 0 Å². The first-order valence-electron chi connectivity index (χ1n) is 4.75. The summed E-state index contributed by atoms with van der Waals surface area (Å²) in [4.78, 5) is 11.3. The van der Waals surface area contributed by atoms with Gasteiger partial charge >= 0.3 is 0 Å². The van der Waals surface area contributed by atoms with Crippen molar-refractivity contribution < 1.29 is 14.3 Å².